The smallest absolute Gasteiger partial charge is 0.165 e. The molecule has 0 fully saturated rings. The summed E-state index contributed by atoms with van der Waals surface area (Å²) in [6.07, 6.45) is 0.901. The van der Waals surface area contributed by atoms with Gasteiger partial charge < -0.3 is 14.2 Å². The molecule has 26 heavy (non-hydrogen) atoms. The first kappa shape index (κ1) is 18.6. The Morgan fingerprint density at radius 3 is 2.46 bits per heavy atom. The van der Waals surface area contributed by atoms with Crippen molar-refractivity contribution in [1.82, 2.24) is 0 Å². The summed E-state index contributed by atoms with van der Waals surface area (Å²) in [5.41, 5.74) is 2.43. The molecule has 3 nitrogen and oxygen atoms in total. The van der Waals surface area contributed by atoms with Crippen molar-refractivity contribution >= 4 is 0 Å². The van der Waals surface area contributed by atoms with Crippen LogP contribution in [0.3, 0.4) is 0 Å². The highest BCUT2D eigenvalue weighted by atomic mass is 16.6. The molecule has 3 rings (SSSR count). The van der Waals surface area contributed by atoms with Gasteiger partial charge in [0.1, 0.15) is 18.5 Å². The highest BCUT2D eigenvalue weighted by Crippen LogP contribution is 2.42. The van der Waals surface area contributed by atoms with E-state index in [1.807, 2.05) is 18.2 Å². The molecule has 2 aromatic rings. The fourth-order valence-corrected chi connectivity index (χ4v) is 3.57. The summed E-state index contributed by atoms with van der Waals surface area (Å²) >= 11 is 0. The average Bonchev–Trinajstić information content (AvgIpc) is 2.60. The maximum atomic E-state index is 6.33. The molecule has 0 radical (unpaired) electrons. The lowest BCUT2D eigenvalue weighted by Crippen LogP contribution is -2.36. The van der Waals surface area contributed by atoms with Crippen LogP contribution in [0.4, 0.5) is 0 Å². The van der Waals surface area contributed by atoms with E-state index in [0.717, 1.165) is 23.7 Å². The number of benzene rings is 2. The molecule has 1 aliphatic heterocycles. The van der Waals surface area contributed by atoms with Crippen molar-refractivity contribution in [3.05, 3.63) is 53.6 Å². The third kappa shape index (κ3) is 3.82. The molecule has 1 unspecified atom stereocenters. The van der Waals surface area contributed by atoms with Crippen LogP contribution in [0, 0.1) is 0 Å². The van der Waals surface area contributed by atoms with Gasteiger partial charge in [0.05, 0.1) is 7.11 Å². The first-order chi connectivity index (χ1) is 12.2. The van der Waals surface area contributed by atoms with Gasteiger partial charge in [-0.3, -0.25) is 0 Å². The van der Waals surface area contributed by atoms with Gasteiger partial charge in [-0.25, -0.2) is 0 Å². The van der Waals surface area contributed by atoms with E-state index < -0.39 is 0 Å². The van der Waals surface area contributed by atoms with Gasteiger partial charge in [-0.05, 0) is 41.0 Å². The fourth-order valence-electron chi connectivity index (χ4n) is 3.57. The monoisotopic (exact) mass is 354 g/mol. The average molecular weight is 354 g/mol. The van der Waals surface area contributed by atoms with Crippen LogP contribution in [0.25, 0.3) is 0 Å². The molecule has 0 saturated carbocycles. The van der Waals surface area contributed by atoms with E-state index >= 15 is 0 Å². The maximum absolute atomic E-state index is 6.33. The van der Waals surface area contributed by atoms with Gasteiger partial charge in [0, 0.05) is 5.56 Å². The molecule has 0 spiro atoms. The summed E-state index contributed by atoms with van der Waals surface area (Å²) in [5.74, 6) is 2.64. The normalized spacial score (nSPS) is 17.1. The molecule has 0 N–H and O–H groups in total. The summed E-state index contributed by atoms with van der Waals surface area (Å²) in [6, 6.07) is 14.5. The summed E-state index contributed by atoms with van der Waals surface area (Å²) in [7, 11) is 1.70. The zero-order valence-corrected chi connectivity index (χ0v) is 16.8. The predicted octanol–water partition coefficient (Wildman–Crippen LogP) is 5.50. The zero-order valence-electron chi connectivity index (χ0n) is 16.8. The first-order valence-electron chi connectivity index (χ1n) is 9.28. The Labute approximate surface area is 157 Å². The molecule has 140 valence electrons. The van der Waals surface area contributed by atoms with Crippen LogP contribution in [-0.4, -0.2) is 19.8 Å². The van der Waals surface area contributed by atoms with Crippen LogP contribution in [0.5, 0.6) is 17.2 Å². The lowest BCUT2D eigenvalue weighted by molar-refractivity contribution is 0.0685. The van der Waals surface area contributed by atoms with Crippen molar-refractivity contribution in [2.24, 2.45) is 0 Å². The Morgan fingerprint density at radius 1 is 1.04 bits per heavy atom. The number of ether oxygens (including phenoxy) is 3. The minimum atomic E-state index is -0.0400. The second-order valence-corrected chi connectivity index (χ2v) is 8.75. The largest absolute Gasteiger partial charge is 0.497 e. The number of methoxy groups -OCH3 is 1. The molecule has 0 saturated heterocycles. The second kappa shape index (κ2) is 6.86. The van der Waals surface area contributed by atoms with E-state index in [1.54, 1.807) is 7.11 Å². The maximum Gasteiger partial charge on any atom is 0.165 e. The minimum absolute atomic E-state index is 0.0268. The molecular weight excluding hydrogens is 324 g/mol. The lowest BCUT2D eigenvalue weighted by atomic mass is 9.79. The van der Waals surface area contributed by atoms with Crippen LogP contribution >= 0.6 is 0 Å². The quantitative estimate of drug-likeness (QED) is 0.725. The van der Waals surface area contributed by atoms with Gasteiger partial charge in [0.2, 0.25) is 0 Å². The van der Waals surface area contributed by atoms with Crippen LogP contribution in [0.2, 0.25) is 0 Å². The van der Waals surface area contributed by atoms with Crippen LogP contribution in [-0.2, 0) is 10.8 Å². The number of para-hydroxylation sites is 1. The van der Waals surface area contributed by atoms with Crippen molar-refractivity contribution in [2.75, 3.05) is 13.7 Å². The summed E-state index contributed by atoms with van der Waals surface area (Å²) in [5, 5.41) is 0. The molecule has 1 heterocycles. The van der Waals surface area contributed by atoms with E-state index in [1.165, 1.54) is 11.1 Å². The van der Waals surface area contributed by atoms with E-state index in [9.17, 15) is 0 Å². The van der Waals surface area contributed by atoms with E-state index in [4.69, 9.17) is 14.2 Å². The molecular formula is C23H30O3. The van der Waals surface area contributed by atoms with Crippen molar-refractivity contribution < 1.29 is 14.2 Å². The Morgan fingerprint density at radius 2 is 1.77 bits per heavy atom. The van der Waals surface area contributed by atoms with Crippen molar-refractivity contribution in [3.8, 4) is 17.2 Å². The molecule has 1 atom stereocenters. The van der Waals surface area contributed by atoms with Gasteiger partial charge in [0.25, 0.3) is 0 Å². The van der Waals surface area contributed by atoms with E-state index in [-0.39, 0.29) is 16.9 Å². The van der Waals surface area contributed by atoms with Gasteiger partial charge in [0.15, 0.2) is 11.5 Å². The van der Waals surface area contributed by atoms with Gasteiger partial charge in [-0.2, -0.15) is 0 Å². The van der Waals surface area contributed by atoms with Crippen molar-refractivity contribution in [3.63, 3.8) is 0 Å². The SMILES string of the molecule is COc1cccc(C(C)(C)CC2COc3c(cccc3C(C)(C)C)O2)c1. The minimum Gasteiger partial charge on any atom is -0.497 e. The number of fused-ring (bicyclic) bond motifs is 1. The van der Waals surface area contributed by atoms with Crippen LogP contribution in [0.1, 0.15) is 52.2 Å². The first-order valence-corrected chi connectivity index (χ1v) is 9.28. The summed E-state index contributed by atoms with van der Waals surface area (Å²) < 4.78 is 17.9. The van der Waals surface area contributed by atoms with Crippen LogP contribution in [0.15, 0.2) is 42.5 Å². The van der Waals surface area contributed by atoms with Crippen molar-refractivity contribution in [1.29, 1.82) is 0 Å². The highest BCUT2D eigenvalue weighted by Gasteiger charge is 2.32. The predicted molar refractivity (Wildman–Crippen MR) is 106 cm³/mol. The Kier molecular flexibility index (Phi) is 4.92. The second-order valence-electron chi connectivity index (χ2n) is 8.75. The van der Waals surface area contributed by atoms with E-state index in [2.05, 4.69) is 58.9 Å². The Hall–Kier alpha value is -2.16. The molecule has 0 aromatic heterocycles. The molecule has 2 aromatic carbocycles. The number of rotatable bonds is 4. The standard InChI is InChI=1S/C23H30O3/c1-22(2,3)19-11-8-12-20-21(19)25-15-18(26-20)14-23(4,5)16-9-7-10-17(13-16)24-6/h7-13,18H,14-15H2,1-6H3. The fraction of sp³-hybridized carbons (Fsp3) is 0.478. The van der Waals surface area contributed by atoms with Crippen LogP contribution < -0.4 is 14.2 Å². The lowest BCUT2D eigenvalue weighted by Gasteiger charge is -2.35. The Balaban J connectivity index is 1.79. The molecule has 0 aliphatic carbocycles. The third-order valence-corrected chi connectivity index (χ3v) is 5.08. The topological polar surface area (TPSA) is 27.7 Å². The van der Waals surface area contributed by atoms with Gasteiger partial charge in [-0.15, -0.1) is 0 Å². The molecule has 3 heteroatoms. The Bertz CT molecular complexity index is 771. The van der Waals surface area contributed by atoms with E-state index in [0.29, 0.717) is 6.61 Å². The molecule has 1 aliphatic rings. The van der Waals surface area contributed by atoms with Gasteiger partial charge in [-0.1, -0.05) is 58.9 Å². The highest BCUT2D eigenvalue weighted by molar-refractivity contribution is 5.50. The summed E-state index contributed by atoms with van der Waals surface area (Å²) in [6.45, 7) is 11.7. The third-order valence-electron chi connectivity index (χ3n) is 5.08. The number of hydrogen-bond donors (Lipinski definition) is 0. The number of hydrogen-bond acceptors (Lipinski definition) is 3. The molecule has 0 amide bonds. The van der Waals surface area contributed by atoms with Gasteiger partial charge >= 0.3 is 0 Å². The zero-order chi connectivity index (χ0) is 18.9. The van der Waals surface area contributed by atoms with Crippen molar-refractivity contribution in [2.45, 2.75) is 58.0 Å². The molecule has 0 bridgehead atoms. The summed E-state index contributed by atoms with van der Waals surface area (Å²) in [4.78, 5) is 0.